The topological polar surface area (TPSA) is 48.5 Å². The van der Waals surface area contributed by atoms with Crippen molar-refractivity contribution < 1.29 is 14.1 Å². The first kappa shape index (κ1) is 18.9. The molecular formula is C21H18ClFN3OS+. The molecule has 0 saturated carbocycles. The van der Waals surface area contributed by atoms with Crippen LogP contribution in [0.1, 0.15) is 20.8 Å². The minimum absolute atomic E-state index is 0.0796. The maximum absolute atomic E-state index is 13.4. The van der Waals surface area contributed by atoms with Gasteiger partial charge in [-0.25, -0.2) is 4.39 Å². The molecule has 4 rings (SSSR count). The van der Waals surface area contributed by atoms with Gasteiger partial charge >= 0.3 is 0 Å². The second kappa shape index (κ2) is 7.88. The van der Waals surface area contributed by atoms with Gasteiger partial charge in [-0.15, -0.1) is 11.3 Å². The number of nitrogens with zero attached hydrogens (tertiary/aromatic N) is 2. The molecule has 0 bridgehead atoms. The summed E-state index contributed by atoms with van der Waals surface area (Å²) in [6.45, 7) is 3.88. The van der Waals surface area contributed by atoms with Gasteiger partial charge in [-0.05, 0) is 30.3 Å². The van der Waals surface area contributed by atoms with E-state index < -0.39 is 0 Å². The zero-order valence-electron chi connectivity index (χ0n) is 15.0. The fourth-order valence-electron chi connectivity index (χ4n) is 3.51. The average molecular weight is 415 g/mol. The Bertz CT molecular complexity index is 1070. The fraction of sp³-hybridized carbons (Fsp3) is 0.238. The van der Waals surface area contributed by atoms with E-state index in [0.29, 0.717) is 33.3 Å². The van der Waals surface area contributed by atoms with Crippen LogP contribution in [0.3, 0.4) is 0 Å². The predicted molar refractivity (Wildman–Crippen MR) is 108 cm³/mol. The first-order valence-electron chi connectivity index (χ1n) is 9.04. The smallest absolute Gasteiger partial charge is 0.265 e. The third-order valence-corrected chi connectivity index (χ3v) is 6.73. The van der Waals surface area contributed by atoms with Gasteiger partial charge in [-0.2, -0.15) is 5.26 Å². The standard InChI is InChI=1S/C21H17ClFN3OS/c22-19-17-6-5-16(23)11-18(17)28-20(19)21(27)26-9-7-25(8-10-26)13-15-3-1-14(12-24)2-4-15/h1-6,11H,7-10,13H2/p+1. The lowest BCUT2D eigenvalue weighted by atomic mass is 10.1. The van der Waals surface area contributed by atoms with E-state index in [0.717, 1.165) is 25.0 Å². The number of quaternary nitrogens is 1. The molecule has 0 unspecified atom stereocenters. The number of carbonyl (C=O) groups is 1. The Morgan fingerprint density at radius 2 is 1.93 bits per heavy atom. The number of amides is 1. The van der Waals surface area contributed by atoms with Crippen molar-refractivity contribution in [3.63, 3.8) is 0 Å². The molecule has 1 aliphatic heterocycles. The normalized spacial score (nSPS) is 15.0. The van der Waals surface area contributed by atoms with Gasteiger partial charge in [0.15, 0.2) is 0 Å². The number of hydrogen-bond donors (Lipinski definition) is 1. The molecule has 1 aliphatic rings. The number of thiophene rings is 1. The highest BCUT2D eigenvalue weighted by Gasteiger charge is 2.27. The minimum Gasteiger partial charge on any atom is -0.328 e. The van der Waals surface area contributed by atoms with Gasteiger partial charge in [0.05, 0.1) is 42.8 Å². The molecule has 7 heteroatoms. The van der Waals surface area contributed by atoms with E-state index in [1.165, 1.54) is 33.9 Å². The van der Waals surface area contributed by atoms with Crippen molar-refractivity contribution in [3.8, 4) is 6.07 Å². The van der Waals surface area contributed by atoms with Crippen molar-refractivity contribution in [3.05, 3.63) is 69.3 Å². The van der Waals surface area contributed by atoms with Crippen molar-refractivity contribution in [1.82, 2.24) is 4.90 Å². The van der Waals surface area contributed by atoms with Crippen molar-refractivity contribution in [2.24, 2.45) is 0 Å². The SMILES string of the molecule is N#Cc1ccc(C[NH+]2CCN(C(=O)c3sc4cc(F)ccc4c3Cl)CC2)cc1. The number of nitriles is 1. The number of carbonyl (C=O) groups excluding carboxylic acids is 1. The van der Waals surface area contributed by atoms with E-state index in [-0.39, 0.29) is 11.7 Å². The largest absolute Gasteiger partial charge is 0.328 e. The van der Waals surface area contributed by atoms with Crippen molar-refractivity contribution in [2.75, 3.05) is 26.2 Å². The first-order valence-corrected chi connectivity index (χ1v) is 10.2. The molecule has 2 heterocycles. The number of nitrogens with one attached hydrogen (secondary N) is 1. The Morgan fingerprint density at radius 1 is 1.21 bits per heavy atom. The molecule has 4 nitrogen and oxygen atoms in total. The summed E-state index contributed by atoms with van der Waals surface area (Å²) in [4.78, 5) is 16.6. The zero-order valence-corrected chi connectivity index (χ0v) is 16.6. The third kappa shape index (κ3) is 3.74. The van der Waals surface area contributed by atoms with Gasteiger partial charge in [-0.3, -0.25) is 4.79 Å². The molecule has 3 aromatic rings. The molecule has 1 fully saturated rings. The highest BCUT2D eigenvalue weighted by Crippen LogP contribution is 2.36. The van der Waals surface area contributed by atoms with Crippen molar-refractivity contribution in [2.45, 2.75) is 6.54 Å². The number of hydrogen-bond acceptors (Lipinski definition) is 3. The number of piperazine rings is 1. The maximum Gasteiger partial charge on any atom is 0.265 e. The van der Waals surface area contributed by atoms with Crippen LogP contribution in [0.4, 0.5) is 4.39 Å². The summed E-state index contributed by atoms with van der Waals surface area (Å²) in [5, 5.41) is 10.0. The molecule has 0 aliphatic carbocycles. The Labute approximate surface area is 171 Å². The second-order valence-electron chi connectivity index (χ2n) is 6.91. The van der Waals surface area contributed by atoms with E-state index in [4.69, 9.17) is 16.9 Å². The van der Waals surface area contributed by atoms with Crippen LogP contribution in [0, 0.1) is 17.1 Å². The molecule has 0 spiro atoms. The highest BCUT2D eigenvalue weighted by molar-refractivity contribution is 7.21. The zero-order chi connectivity index (χ0) is 19.7. The van der Waals surface area contributed by atoms with Crippen LogP contribution in [0.5, 0.6) is 0 Å². The highest BCUT2D eigenvalue weighted by atomic mass is 35.5. The lowest BCUT2D eigenvalue weighted by Crippen LogP contribution is -3.13. The van der Waals surface area contributed by atoms with Gasteiger partial charge in [0, 0.05) is 15.6 Å². The molecule has 1 amide bonds. The summed E-state index contributed by atoms with van der Waals surface area (Å²) >= 11 is 7.65. The Balaban J connectivity index is 1.41. The van der Waals surface area contributed by atoms with Crippen LogP contribution in [-0.2, 0) is 6.54 Å². The van der Waals surface area contributed by atoms with Gasteiger partial charge in [0.2, 0.25) is 0 Å². The predicted octanol–water partition coefficient (Wildman–Crippen LogP) is 3.11. The van der Waals surface area contributed by atoms with Crippen LogP contribution < -0.4 is 4.90 Å². The molecule has 1 saturated heterocycles. The minimum atomic E-state index is -0.329. The van der Waals surface area contributed by atoms with Crippen molar-refractivity contribution in [1.29, 1.82) is 5.26 Å². The summed E-state index contributed by atoms with van der Waals surface area (Å²) in [6, 6.07) is 14.2. The van der Waals surface area contributed by atoms with Crippen LogP contribution in [0.2, 0.25) is 5.02 Å². The maximum atomic E-state index is 13.4. The number of halogens is 2. The lowest BCUT2D eigenvalue weighted by molar-refractivity contribution is -0.917. The van der Waals surface area contributed by atoms with Crippen LogP contribution in [0.15, 0.2) is 42.5 Å². The molecule has 2 aromatic carbocycles. The van der Waals surface area contributed by atoms with Crippen molar-refractivity contribution >= 4 is 38.9 Å². The van der Waals surface area contributed by atoms with E-state index in [1.807, 2.05) is 29.2 Å². The van der Waals surface area contributed by atoms with E-state index in [1.54, 1.807) is 6.07 Å². The van der Waals surface area contributed by atoms with Crippen LogP contribution >= 0.6 is 22.9 Å². The van der Waals surface area contributed by atoms with Crippen LogP contribution in [-0.4, -0.2) is 37.0 Å². The van der Waals surface area contributed by atoms with Gasteiger partial charge in [-0.1, -0.05) is 23.7 Å². The van der Waals surface area contributed by atoms with E-state index in [9.17, 15) is 9.18 Å². The molecule has 0 radical (unpaired) electrons. The van der Waals surface area contributed by atoms with E-state index >= 15 is 0 Å². The summed E-state index contributed by atoms with van der Waals surface area (Å²) in [6.07, 6.45) is 0. The quantitative estimate of drug-likeness (QED) is 0.716. The molecule has 0 atom stereocenters. The summed E-state index contributed by atoms with van der Waals surface area (Å²) in [5.41, 5.74) is 1.85. The van der Waals surface area contributed by atoms with Gasteiger partial charge < -0.3 is 9.80 Å². The lowest BCUT2D eigenvalue weighted by Gasteiger charge is -2.32. The molecule has 1 aromatic heterocycles. The fourth-order valence-corrected chi connectivity index (χ4v) is 5.01. The third-order valence-electron chi connectivity index (χ3n) is 5.08. The van der Waals surface area contributed by atoms with Gasteiger partial charge in [0.1, 0.15) is 17.2 Å². The summed E-state index contributed by atoms with van der Waals surface area (Å²) in [7, 11) is 0. The van der Waals surface area contributed by atoms with Gasteiger partial charge in [0.25, 0.3) is 5.91 Å². The van der Waals surface area contributed by atoms with Crippen LogP contribution in [0.25, 0.3) is 10.1 Å². The first-order chi connectivity index (χ1) is 13.5. The Kier molecular flexibility index (Phi) is 5.31. The molecule has 1 N–H and O–H groups in total. The number of fused-ring (bicyclic) bond motifs is 1. The number of rotatable bonds is 3. The molecular weight excluding hydrogens is 397 g/mol. The van der Waals surface area contributed by atoms with E-state index in [2.05, 4.69) is 6.07 Å². The summed E-state index contributed by atoms with van der Waals surface area (Å²) in [5.74, 6) is -0.409. The monoisotopic (exact) mass is 414 g/mol. The molecule has 28 heavy (non-hydrogen) atoms. The number of benzene rings is 2. The average Bonchev–Trinajstić information content (AvgIpc) is 3.04. The Hall–Kier alpha value is -2.46. The Morgan fingerprint density at radius 3 is 2.61 bits per heavy atom. The second-order valence-corrected chi connectivity index (χ2v) is 8.34. The molecule has 142 valence electrons. The summed E-state index contributed by atoms with van der Waals surface area (Å²) < 4.78 is 14.1.